The van der Waals surface area contributed by atoms with E-state index in [2.05, 4.69) is 42.5 Å². The van der Waals surface area contributed by atoms with Gasteiger partial charge in [0, 0.05) is 39.2 Å². The molecule has 12 heteroatoms. The van der Waals surface area contributed by atoms with Crippen LogP contribution in [0.15, 0.2) is 63.5 Å². The Morgan fingerprint density at radius 3 is 2.58 bits per heavy atom. The quantitative estimate of drug-likeness (QED) is 0.128. The maximum Gasteiger partial charge on any atom is 0.293 e. The molecular formula is C26H21Br2N5O3S2. The van der Waals surface area contributed by atoms with Crippen molar-refractivity contribution in [3.63, 3.8) is 0 Å². The van der Waals surface area contributed by atoms with Crippen molar-refractivity contribution in [3.05, 3.63) is 79.2 Å². The molecule has 0 aliphatic carbocycles. The van der Waals surface area contributed by atoms with Gasteiger partial charge in [0.2, 0.25) is 0 Å². The zero-order valence-corrected chi connectivity index (χ0v) is 24.7. The average Bonchev–Trinajstić information content (AvgIpc) is 3.34. The molecule has 0 saturated carbocycles. The number of thiazole rings is 1. The first kappa shape index (κ1) is 26.7. The van der Waals surface area contributed by atoms with E-state index in [4.69, 9.17) is 17.2 Å². The molecule has 1 aliphatic rings. The summed E-state index contributed by atoms with van der Waals surface area (Å²) in [6.07, 6.45) is 3.10. The number of nitro benzene ring substituents is 1. The molecule has 0 spiro atoms. The number of hydrogen-bond donors (Lipinski definition) is 2. The highest BCUT2D eigenvalue weighted by atomic mass is 79.9. The molecule has 38 heavy (non-hydrogen) atoms. The molecule has 8 nitrogen and oxygen atoms in total. The van der Waals surface area contributed by atoms with E-state index >= 15 is 0 Å². The highest BCUT2D eigenvalue weighted by Crippen LogP contribution is 2.40. The predicted molar refractivity (Wildman–Crippen MR) is 163 cm³/mol. The summed E-state index contributed by atoms with van der Waals surface area (Å²) in [5.74, 6) is -0.537. The Kier molecular flexibility index (Phi) is 8.03. The van der Waals surface area contributed by atoms with Gasteiger partial charge in [0.05, 0.1) is 20.8 Å². The first-order valence-corrected chi connectivity index (χ1v) is 14.6. The van der Waals surface area contributed by atoms with Crippen molar-refractivity contribution in [1.82, 2.24) is 10.3 Å². The Morgan fingerprint density at radius 1 is 1.08 bits per heavy atom. The van der Waals surface area contributed by atoms with Crippen LogP contribution in [0.25, 0.3) is 20.8 Å². The number of nitro groups is 1. The minimum atomic E-state index is -0.537. The summed E-state index contributed by atoms with van der Waals surface area (Å²) in [5, 5.41) is 18.4. The number of carbonyl (C=O) groups is 1. The second-order valence-corrected chi connectivity index (χ2v) is 11.9. The smallest absolute Gasteiger partial charge is 0.293 e. The van der Waals surface area contributed by atoms with E-state index in [1.807, 2.05) is 41.3 Å². The fraction of sp³-hybridized carbons (Fsp3) is 0.192. The van der Waals surface area contributed by atoms with Gasteiger partial charge in [-0.1, -0.05) is 28.1 Å². The van der Waals surface area contributed by atoms with Gasteiger partial charge in [-0.25, -0.2) is 4.98 Å². The van der Waals surface area contributed by atoms with Gasteiger partial charge in [-0.2, -0.15) is 0 Å². The molecule has 3 aromatic carbocycles. The molecule has 0 radical (unpaired) electrons. The second-order valence-electron chi connectivity index (χ2n) is 8.71. The molecule has 2 heterocycles. The predicted octanol–water partition coefficient (Wildman–Crippen LogP) is 7.51. The lowest BCUT2D eigenvalue weighted by Gasteiger charge is -2.28. The number of rotatable bonds is 5. The fourth-order valence-electron chi connectivity index (χ4n) is 4.39. The first-order valence-electron chi connectivity index (χ1n) is 11.8. The minimum Gasteiger partial charge on any atom is -0.366 e. The summed E-state index contributed by atoms with van der Waals surface area (Å²) in [6, 6.07) is 16.2. The normalized spacial score (nSPS) is 13.4. The maximum atomic E-state index is 13.0. The summed E-state index contributed by atoms with van der Waals surface area (Å²) >= 11 is 14.1. The van der Waals surface area contributed by atoms with Crippen LogP contribution < -0.4 is 15.5 Å². The van der Waals surface area contributed by atoms with Crippen molar-refractivity contribution < 1.29 is 9.72 Å². The number of fused-ring (bicyclic) bond motifs is 1. The summed E-state index contributed by atoms with van der Waals surface area (Å²) in [7, 11) is 0. The molecule has 2 N–H and O–H groups in total. The van der Waals surface area contributed by atoms with E-state index in [1.54, 1.807) is 23.5 Å². The SMILES string of the molecule is O=C(NC(=S)Nc1c(Br)cc(Br)cc1-c1nc2ccccc2s1)c1ccc(N2CCCCC2)c([N+](=O)[O-])c1. The van der Waals surface area contributed by atoms with Crippen LogP contribution >= 0.6 is 55.4 Å². The van der Waals surface area contributed by atoms with Crippen LogP contribution in [0.5, 0.6) is 0 Å². The highest BCUT2D eigenvalue weighted by molar-refractivity contribution is 9.11. The standard InChI is InChI=1S/C26H21Br2N5O3S2/c27-16-13-17(25-29-19-6-2-3-7-22(19)38-25)23(18(28)14-16)30-26(37)31-24(34)15-8-9-20(21(12-15)33(35)36)32-10-4-1-5-11-32/h2-3,6-9,12-14H,1,4-5,10-11H2,(H2,30,31,34,37). The lowest BCUT2D eigenvalue weighted by atomic mass is 10.1. The summed E-state index contributed by atoms with van der Waals surface area (Å²) in [6.45, 7) is 1.53. The van der Waals surface area contributed by atoms with Gasteiger partial charge in [-0.05, 0) is 83.8 Å². The number of benzene rings is 3. The Morgan fingerprint density at radius 2 is 1.84 bits per heavy atom. The van der Waals surface area contributed by atoms with Crippen molar-refractivity contribution in [1.29, 1.82) is 0 Å². The van der Waals surface area contributed by atoms with Crippen molar-refractivity contribution in [2.45, 2.75) is 19.3 Å². The molecule has 1 fully saturated rings. The third-order valence-corrected chi connectivity index (χ3v) is 8.53. The van der Waals surface area contributed by atoms with Gasteiger partial charge in [-0.15, -0.1) is 11.3 Å². The third-order valence-electron chi connectivity index (χ3n) is 6.18. The number of nitrogens with zero attached hydrogens (tertiary/aromatic N) is 3. The number of carbonyl (C=O) groups excluding carboxylic acids is 1. The summed E-state index contributed by atoms with van der Waals surface area (Å²) in [5.41, 5.74) is 2.93. The molecular weight excluding hydrogens is 654 g/mol. The number of amides is 1. The van der Waals surface area contributed by atoms with Crippen LogP contribution in [0.1, 0.15) is 29.6 Å². The van der Waals surface area contributed by atoms with Crippen LogP contribution in [-0.2, 0) is 0 Å². The molecule has 1 aliphatic heterocycles. The van der Waals surface area contributed by atoms with Gasteiger partial charge in [0.15, 0.2) is 5.11 Å². The first-order chi connectivity index (χ1) is 18.3. The van der Waals surface area contributed by atoms with Gasteiger partial charge in [0.1, 0.15) is 10.7 Å². The lowest BCUT2D eigenvalue weighted by Crippen LogP contribution is -2.34. The van der Waals surface area contributed by atoms with Gasteiger partial charge in [-0.3, -0.25) is 20.2 Å². The minimum absolute atomic E-state index is 0.0585. The summed E-state index contributed by atoms with van der Waals surface area (Å²) < 4.78 is 2.62. The van der Waals surface area contributed by atoms with E-state index < -0.39 is 10.8 Å². The number of hydrogen-bond acceptors (Lipinski definition) is 7. The van der Waals surface area contributed by atoms with Crippen LogP contribution in [0, 0.1) is 10.1 Å². The molecule has 4 aromatic rings. The zero-order valence-electron chi connectivity index (χ0n) is 19.9. The molecule has 0 bridgehead atoms. The van der Waals surface area contributed by atoms with Gasteiger partial charge in [0.25, 0.3) is 11.6 Å². The third kappa shape index (κ3) is 5.73. The van der Waals surface area contributed by atoms with E-state index in [1.165, 1.54) is 6.07 Å². The molecule has 1 saturated heterocycles. The lowest BCUT2D eigenvalue weighted by molar-refractivity contribution is -0.384. The van der Waals surface area contributed by atoms with Gasteiger partial charge < -0.3 is 10.2 Å². The van der Waals surface area contributed by atoms with Gasteiger partial charge >= 0.3 is 0 Å². The Balaban J connectivity index is 1.38. The number of nitrogens with one attached hydrogen (secondary N) is 2. The largest absolute Gasteiger partial charge is 0.366 e. The van der Waals surface area contributed by atoms with Crippen LogP contribution in [0.3, 0.4) is 0 Å². The highest BCUT2D eigenvalue weighted by Gasteiger charge is 2.24. The van der Waals surface area contributed by atoms with Crippen molar-refractivity contribution in [2.75, 3.05) is 23.3 Å². The molecule has 0 unspecified atom stereocenters. The molecule has 194 valence electrons. The van der Waals surface area contributed by atoms with Crippen molar-refractivity contribution >= 4 is 93.7 Å². The Hall–Kier alpha value is -2.93. The zero-order chi connectivity index (χ0) is 26.8. The van der Waals surface area contributed by atoms with E-state index in [9.17, 15) is 14.9 Å². The van der Waals surface area contributed by atoms with Crippen LogP contribution in [0.4, 0.5) is 17.1 Å². The Labute approximate surface area is 244 Å². The number of piperidine rings is 1. The molecule has 5 rings (SSSR count). The van der Waals surface area contributed by atoms with E-state index in [-0.39, 0.29) is 16.4 Å². The van der Waals surface area contributed by atoms with Crippen molar-refractivity contribution in [3.8, 4) is 10.6 Å². The van der Waals surface area contributed by atoms with E-state index in [0.717, 1.165) is 62.1 Å². The maximum absolute atomic E-state index is 13.0. The number of para-hydroxylation sites is 1. The molecule has 1 aromatic heterocycles. The molecule has 0 atom stereocenters. The average molecular weight is 675 g/mol. The molecule has 1 amide bonds. The second kappa shape index (κ2) is 11.4. The number of thiocarbonyl (C=S) groups is 1. The van der Waals surface area contributed by atoms with Crippen molar-refractivity contribution in [2.24, 2.45) is 0 Å². The summed E-state index contributed by atoms with van der Waals surface area (Å²) in [4.78, 5) is 31.1. The van der Waals surface area contributed by atoms with Crippen LogP contribution in [-0.4, -0.2) is 34.0 Å². The monoisotopic (exact) mass is 673 g/mol. The number of anilines is 2. The number of halogens is 2. The Bertz CT molecular complexity index is 1540. The topological polar surface area (TPSA) is 100 Å². The fourth-order valence-corrected chi connectivity index (χ4v) is 6.90. The van der Waals surface area contributed by atoms with Crippen LogP contribution in [0.2, 0.25) is 0 Å². The van der Waals surface area contributed by atoms with E-state index in [0.29, 0.717) is 11.4 Å². The number of aromatic nitrogens is 1.